The van der Waals surface area contributed by atoms with Gasteiger partial charge in [0.15, 0.2) is 0 Å². The van der Waals surface area contributed by atoms with Gasteiger partial charge >= 0.3 is 0 Å². The molecule has 0 spiro atoms. The fourth-order valence-corrected chi connectivity index (χ4v) is 2.68. The van der Waals surface area contributed by atoms with Crippen LogP contribution < -0.4 is 5.73 Å². The summed E-state index contributed by atoms with van der Waals surface area (Å²) in [4.78, 5) is 0. The van der Waals surface area contributed by atoms with Crippen LogP contribution in [-0.2, 0) is 6.42 Å². The van der Waals surface area contributed by atoms with Gasteiger partial charge in [-0.15, -0.1) is 0 Å². The summed E-state index contributed by atoms with van der Waals surface area (Å²) in [7, 11) is 0. The van der Waals surface area contributed by atoms with E-state index in [0.717, 1.165) is 12.5 Å². The van der Waals surface area contributed by atoms with Crippen molar-refractivity contribution in [2.24, 2.45) is 5.73 Å². The van der Waals surface area contributed by atoms with Crippen molar-refractivity contribution in [2.45, 2.75) is 44.7 Å². The summed E-state index contributed by atoms with van der Waals surface area (Å²) in [5.41, 5.74) is 8.61. The van der Waals surface area contributed by atoms with Crippen molar-refractivity contribution in [3.05, 3.63) is 36.0 Å². The van der Waals surface area contributed by atoms with Gasteiger partial charge in [-0.25, -0.2) is 0 Å². The Morgan fingerprint density at radius 3 is 2.82 bits per heavy atom. The monoisotopic (exact) mass is 228 g/mol. The van der Waals surface area contributed by atoms with Gasteiger partial charge in [-0.05, 0) is 55.7 Å². The lowest BCUT2D eigenvalue weighted by Crippen LogP contribution is -2.18. The van der Waals surface area contributed by atoms with Crippen LogP contribution in [0.4, 0.5) is 0 Å². The highest BCUT2D eigenvalue weighted by Crippen LogP contribution is 2.34. The first-order chi connectivity index (χ1) is 8.24. The molecule has 0 aliphatic heterocycles. The number of hydrogen-bond acceptors (Lipinski definition) is 1. The molecule has 3 rings (SSSR count). The molecule has 1 heterocycles. The van der Waals surface area contributed by atoms with E-state index in [4.69, 9.17) is 5.73 Å². The van der Waals surface area contributed by atoms with Crippen LogP contribution in [-0.4, -0.2) is 10.6 Å². The summed E-state index contributed by atoms with van der Waals surface area (Å²) >= 11 is 0. The lowest BCUT2D eigenvalue weighted by molar-refractivity contribution is 0.321. The maximum Gasteiger partial charge on any atom is 0.0485 e. The largest absolute Gasteiger partial charge is 0.344 e. The van der Waals surface area contributed by atoms with Gasteiger partial charge in [-0.3, -0.25) is 0 Å². The van der Waals surface area contributed by atoms with Gasteiger partial charge in [-0.2, -0.15) is 0 Å². The smallest absolute Gasteiger partial charge is 0.0485 e. The van der Waals surface area contributed by atoms with Gasteiger partial charge in [-0.1, -0.05) is 12.1 Å². The molecule has 0 radical (unpaired) electrons. The third kappa shape index (κ3) is 1.98. The second kappa shape index (κ2) is 4.19. The van der Waals surface area contributed by atoms with Crippen LogP contribution >= 0.6 is 0 Å². The van der Waals surface area contributed by atoms with Crippen molar-refractivity contribution in [2.75, 3.05) is 0 Å². The SMILES string of the molecule is CC(N)Cc1ccc2ccn(C3CCC3)c2c1. The van der Waals surface area contributed by atoms with Gasteiger partial charge in [0, 0.05) is 23.8 Å². The Kier molecular flexibility index (Phi) is 2.67. The van der Waals surface area contributed by atoms with Gasteiger partial charge in [0.25, 0.3) is 0 Å². The molecule has 0 saturated heterocycles. The minimum atomic E-state index is 0.236. The fourth-order valence-electron chi connectivity index (χ4n) is 2.68. The number of fused-ring (bicyclic) bond motifs is 1. The highest BCUT2D eigenvalue weighted by atomic mass is 15.0. The standard InChI is InChI=1S/C15H20N2/c1-11(16)9-12-5-6-13-7-8-17(15(13)10-12)14-3-2-4-14/h5-8,10-11,14H,2-4,9,16H2,1H3. The maximum atomic E-state index is 5.87. The Labute approximate surface area is 102 Å². The topological polar surface area (TPSA) is 30.9 Å². The van der Waals surface area contributed by atoms with E-state index in [1.165, 1.54) is 35.7 Å². The molecule has 1 aliphatic rings. The second-order valence-electron chi connectivity index (χ2n) is 5.38. The average Bonchev–Trinajstić information content (AvgIpc) is 2.58. The third-order valence-electron chi connectivity index (χ3n) is 3.81. The highest BCUT2D eigenvalue weighted by Gasteiger charge is 2.20. The van der Waals surface area contributed by atoms with Crippen molar-refractivity contribution in [1.29, 1.82) is 0 Å². The number of benzene rings is 1. The molecule has 2 heteroatoms. The number of rotatable bonds is 3. The summed E-state index contributed by atoms with van der Waals surface area (Å²) in [5, 5.41) is 1.35. The van der Waals surface area contributed by atoms with E-state index in [9.17, 15) is 0 Å². The zero-order valence-corrected chi connectivity index (χ0v) is 10.4. The molecule has 1 aliphatic carbocycles. The van der Waals surface area contributed by atoms with E-state index in [-0.39, 0.29) is 6.04 Å². The number of aromatic nitrogens is 1. The van der Waals surface area contributed by atoms with Crippen molar-refractivity contribution in [3.8, 4) is 0 Å². The van der Waals surface area contributed by atoms with Crippen molar-refractivity contribution >= 4 is 10.9 Å². The van der Waals surface area contributed by atoms with Crippen LogP contribution in [0.25, 0.3) is 10.9 Å². The van der Waals surface area contributed by atoms with Crippen LogP contribution in [0.1, 0.15) is 37.8 Å². The molecule has 0 amide bonds. The first kappa shape index (κ1) is 10.8. The molecule has 2 N–H and O–H groups in total. The number of hydrogen-bond donors (Lipinski definition) is 1. The highest BCUT2D eigenvalue weighted by molar-refractivity contribution is 5.81. The molecule has 2 aromatic rings. The Bertz CT molecular complexity index is 521. The lowest BCUT2D eigenvalue weighted by atomic mass is 9.93. The molecule has 1 saturated carbocycles. The fraction of sp³-hybridized carbons (Fsp3) is 0.467. The Hall–Kier alpha value is -1.28. The maximum absolute atomic E-state index is 5.87. The van der Waals surface area contributed by atoms with E-state index in [2.05, 4.69) is 42.0 Å². The quantitative estimate of drug-likeness (QED) is 0.859. The van der Waals surface area contributed by atoms with E-state index >= 15 is 0 Å². The first-order valence-corrected chi connectivity index (χ1v) is 6.59. The Balaban J connectivity index is 2.00. The van der Waals surface area contributed by atoms with E-state index < -0.39 is 0 Å². The molecule has 0 bridgehead atoms. The molecule has 1 aromatic heterocycles. The van der Waals surface area contributed by atoms with E-state index in [1.807, 2.05) is 0 Å². The van der Waals surface area contributed by atoms with Crippen molar-refractivity contribution in [3.63, 3.8) is 0 Å². The van der Waals surface area contributed by atoms with Crippen molar-refractivity contribution in [1.82, 2.24) is 4.57 Å². The summed E-state index contributed by atoms with van der Waals surface area (Å²) in [6.07, 6.45) is 7.25. The molecule has 1 atom stereocenters. The minimum Gasteiger partial charge on any atom is -0.344 e. The Morgan fingerprint density at radius 2 is 2.18 bits per heavy atom. The molecular formula is C15H20N2. The van der Waals surface area contributed by atoms with E-state index in [1.54, 1.807) is 0 Å². The molecule has 1 aromatic carbocycles. The predicted octanol–water partition coefficient (Wildman–Crippen LogP) is 3.26. The lowest BCUT2D eigenvalue weighted by Gasteiger charge is -2.28. The second-order valence-corrected chi connectivity index (χ2v) is 5.38. The van der Waals surface area contributed by atoms with Gasteiger partial charge in [0.1, 0.15) is 0 Å². The molecular weight excluding hydrogens is 208 g/mol. The summed E-state index contributed by atoms with van der Waals surface area (Å²) in [6, 6.07) is 9.94. The number of nitrogens with zero attached hydrogens (tertiary/aromatic N) is 1. The van der Waals surface area contributed by atoms with Gasteiger partial charge < -0.3 is 10.3 Å². The van der Waals surface area contributed by atoms with E-state index in [0.29, 0.717) is 0 Å². The van der Waals surface area contributed by atoms with Crippen LogP contribution in [0.15, 0.2) is 30.5 Å². The zero-order valence-electron chi connectivity index (χ0n) is 10.4. The van der Waals surface area contributed by atoms with Gasteiger partial charge in [0.2, 0.25) is 0 Å². The number of nitrogens with two attached hydrogens (primary N) is 1. The summed E-state index contributed by atoms with van der Waals surface area (Å²) in [5.74, 6) is 0. The molecule has 1 fully saturated rings. The predicted molar refractivity (Wildman–Crippen MR) is 72.2 cm³/mol. The van der Waals surface area contributed by atoms with Crippen molar-refractivity contribution < 1.29 is 0 Å². The molecule has 90 valence electrons. The van der Waals surface area contributed by atoms with Crippen LogP contribution in [0, 0.1) is 0 Å². The summed E-state index contributed by atoms with van der Waals surface area (Å²) in [6.45, 7) is 2.06. The first-order valence-electron chi connectivity index (χ1n) is 6.59. The van der Waals surface area contributed by atoms with Crippen LogP contribution in [0.2, 0.25) is 0 Å². The molecule has 2 nitrogen and oxygen atoms in total. The normalized spacial score (nSPS) is 18.2. The average molecular weight is 228 g/mol. The van der Waals surface area contributed by atoms with Crippen LogP contribution in [0.3, 0.4) is 0 Å². The third-order valence-corrected chi connectivity index (χ3v) is 3.81. The Morgan fingerprint density at radius 1 is 1.35 bits per heavy atom. The molecule has 1 unspecified atom stereocenters. The van der Waals surface area contributed by atoms with Gasteiger partial charge in [0.05, 0.1) is 0 Å². The molecule has 17 heavy (non-hydrogen) atoms. The van der Waals surface area contributed by atoms with Crippen LogP contribution in [0.5, 0.6) is 0 Å². The zero-order chi connectivity index (χ0) is 11.8. The summed E-state index contributed by atoms with van der Waals surface area (Å²) < 4.78 is 2.45. The minimum absolute atomic E-state index is 0.236.